The summed E-state index contributed by atoms with van der Waals surface area (Å²) >= 11 is 0.705. The van der Waals surface area contributed by atoms with Crippen molar-refractivity contribution >= 4 is 29.0 Å². The molecule has 0 spiro atoms. The molecule has 42 heavy (non-hydrogen) atoms. The lowest BCUT2D eigenvalue weighted by Gasteiger charge is -2.28. The number of pyridine rings is 1. The Labute approximate surface area is 247 Å². The standard InChI is InChI=1S/C26H34F5N5O3S.C2H6/c1-6-7-15-9-8-13(2)36(15)24(38)19-20(40-23(35-19)22(37)34-14(3)25(4,5)39)17-11-32-18(10-16(17)21(27)28)33-12-26(29,30)31;1-2/h10-11,13-15,21,39H,6-9,12H2,1-5H3,(H,32,33)(H,34,37);1-2H3. The fourth-order valence-electron chi connectivity index (χ4n) is 4.48. The summed E-state index contributed by atoms with van der Waals surface area (Å²) in [6.07, 6.45) is -3.69. The first-order valence-corrected chi connectivity index (χ1v) is 14.8. The van der Waals surface area contributed by atoms with E-state index < -0.39 is 54.0 Å². The van der Waals surface area contributed by atoms with Gasteiger partial charge in [0.2, 0.25) is 0 Å². The van der Waals surface area contributed by atoms with E-state index in [0.29, 0.717) is 11.3 Å². The Morgan fingerprint density at radius 2 is 1.86 bits per heavy atom. The molecule has 0 saturated carbocycles. The van der Waals surface area contributed by atoms with Gasteiger partial charge in [0.15, 0.2) is 5.01 Å². The summed E-state index contributed by atoms with van der Waals surface area (Å²) in [4.78, 5) is 36.7. The van der Waals surface area contributed by atoms with Crippen molar-refractivity contribution in [2.45, 2.75) is 110 Å². The van der Waals surface area contributed by atoms with Crippen LogP contribution in [0.5, 0.6) is 0 Å². The Morgan fingerprint density at radius 1 is 1.21 bits per heavy atom. The van der Waals surface area contributed by atoms with E-state index >= 15 is 0 Å². The van der Waals surface area contributed by atoms with Crippen LogP contribution >= 0.6 is 11.3 Å². The van der Waals surface area contributed by atoms with Gasteiger partial charge in [-0.15, -0.1) is 11.3 Å². The monoisotopic (exact) mass is 621 g/mol. The second-order valence-electron chi connectivity index (χ2n) is 10.6. The number of hydrogen-bond acceptors (Lipinski definition) is 7. The van der Waals surface area contributed by atoms with Gasteiger partial charge in [0, 0.05) is 29.4 Å². The number of amides is 2. The molecular weight excluding hydrogens is 581 g/mol. The van der Waals surface area contributed by atoms with Crippen molar-refractivity contribution in [1.82, 2.24) is 20.2 Å². The van der Waals surface area contributed by atoms with Crippen LogP contribution in [-0.2, 0) is 0 Å². The topological polar surface area (TPSA) is 107 Å². The molecule has 3 atom stereocenters. The van der Waals surface area contributed by atoms with Gasteiger partial charge in [-0.25, -0.2) is 18.7 Å². The minimum atomic E-state index is -4.59. The van der Waals surface area contributed by atoms with E-state index in [1.54, 1.807) is 11.8 Å². The molecule has 14 heteroatoms. The summed E-state index contributed by atoms with van der Waals surface area (Å²) in [5.41, 5.74) is -2.35. The fraction of sp³-hybridized carbons (Fsp3) is 0.643. The van der Waals surface area contributed by atoms with E-state index in [-0.39, 0.29) is 33.2 Å². The molecule has 3 heterocycles. The van der Waals surface area contributed by atoms with Crippen LogP contribution in [-0.4, -0.2) is 68.2 Å². The molecule has 0 aliphatic carbocycles. The highest BCUT2D eigenvalue weighted by Gasteiger charge is 2.38. The van der Waals surface area contributed by atoms with Crippen LogP contribution in [0.15, 0.2) is 12.3 Å². The molecule has 0 radical (unpaired) electrons. The number of likely N-dealkylation sites (tertiary alicyclic amines) is 1. The summed E-state index contributed by atoms with van der Waals surface area (Å²) in [6, 6.07) is -0.144. The van der Waals surface area contributed by atoms with Crippen LogP contribution < -0.4 is 10.6 Å². The van der Waals surface area contributed by atoms with Gasteiger partial charge >= 0.3 is 6.18 Å². The van der Waals surface area contributed by atoms with Gasteiger partial charge in [-0.3, -0.25) is 9.59 Å². The van der Waals surface area contributed by atoms with Gasteiger partial charge in [-0.05, 0) is 53.0 Å². The van der Waals surface area contributed by atoms with Crippen molar-refractivity contribution in [3.05, 3.63) is 28.5 Å². The van der Waals surface area contributed by atoms with Crippen molar-refractivity contribution in [2.75, 3.05) is 11.9 Å². The van der Waals surface area contributed by atoms with Crippen LogP contribution in [0, 0.1) is 0 Å². The number of anilines is 1. The maximum Gasteiger partial charge on any atom is 0.405 e. The molecular formula is C28H40F5N5O3S. The Hall–Kier alpha value is -2.87. The summed E-state index contributed by atoms with van der Waals surface area (Å²) in [5, 5.41) is 14.6. The van der Waals surface area contributed by atoms with E-state index in [2.05, 4.69) is 15.3 Å². The number of hydrogen-bond donors (Lipinski definition) is 3. The maximum atomic E-state index is 14.2. The van der Waals surface area contributed by atoms with Crippen LogP contribution in [0.25, 0.3) is 10.4 Å². The van der Waals surface area contributed by atoms with Crippen molar-refractivity contribution in [2.24, 2.45) is 0 Å². The number of thiazole rings is 1. The molecule has 236 valence electrons. The zero-order valence-electron chi connectivity index (χ0n) is 24.9. The SMILES string of the molecule is CC.CCCC1CCC(C)N1C(=O)c1nc(C(=O)NC(C)C(C)(C)O)sc1-c1cnc(NCC(F)(F)F)cc1C(F)F. The third-order valence-electron chi connectivity index (χ3n) is 6.96. The number of carbonyl (C=O) groups is 2. The van der Waals surface area contributed by atoms with E-state index in [9.17, 15) is 36.6 Å². The maximum absolute atomic E-state index is 14.2. The first kappa shape index (κ1) is 35.3. The van der Waals surface area contributed by atoms with Crippen LogP contribution in [0.4, 0.5) is 27.8 Å². The van der Waals surface area contributed by atoms with Gasteiger partial charge < -0.3 is 20.6 Å². The van der Waals surface area contributed by atoms with Crippen molar-refractivity contribution in [1.29, 1.82) is 0 Å². The molecule has 0 bridgehead atoms. The first-order valence-electron chi connectivity index (χ1n) is 14.0. The van der Waals surface area contributed by atoms with E-state index in [0.717, 1.165) is 37.9 Å². The first-order chi connectivity index (χ1) is 19.5. The molecule has 2 amide bonds. The largest absolute Gasteiger partial charge is 0.405 e. The van der Waals surface area contributed by atoms with Crippen LogP contribution in [0.2, 0.25) is 0 Å². The summed E-state index contributed by atoms with van der Waals surface area (Å²) < 4.78 is 66.4. The predicted octanol–water partition coefficient (Wildman–Crippen LogP) is 6.83. The smallest absolute Gasteiger partial charge is 0.388 e. The van der Waals surface area contributed by atoms with E-state index in [1.807, 2.05) is 33.0 Å². The molecule has 2 aromatic rings. The number of aliphatic hydroxyl groups is 1. The number of aromatic nitrogens is 2. The molecule has 1 aliphatic heterocycles. The number of nitrogens with one attached hydrogen (secondary N) is 2. The molecule has 1 saturated heterocycles. The second-order valence-corrected chi connectivity index (χ2v) is 11.6. The quantitative estimate of drug-likeness (QED) is 0.251. The molecule has 3 rings (SSSR count). The Kier molecular flexibility index (Phi) is 12.2. The third kappa shape index (κ3) is 8.82. The summed E-state index contributed by atoms with van der Waals surface area (Å²) in [5.74, 6) is -1.65. The lowest BCUT2D eigenvalue weighted by atomic mass is 10.0. The Bertz CT molecular complexity index is 1210. The van der Waals surface area contributed by atoms with Crippen molar-refractivity contribution in [3.8, 4) is 10.4 Å². The van der Waals surface area contributed by atoms with E-state index in [4.69, 9.17) is 0 Å². The summed E-state index contributed by atoms with van der Waals surface area (Å²) in [7, 11) is 0. The lowest BCUT2D eigenvalue weighted by molar-refractivity contribution is -0.115. The number of carbonyl (C=O) groups excluding carboxylic acids is 2. The molecule has 3 N–H and O–H groups in total. The van der Waals surface area contributed by atoms with E-state index in [1.165, 1.54) is 13.8 Å². The molecule has 1 fully saturated rings. The lowest BCUT2D eigenvalue weighted by Crippen LogP contribution is -2.47. The third-order valence-corrected chi connectivity index (χ3v) is 8.05. The van der Waals surface area contributed by atoms with Crippen LogP contribution in [0.1, 0.15) is 106 Å². The van der Waals surface area contributed by atoms with Crippen LogP contribution in [0.3, 0.4) is 0 Å². The molecule has 3 unspecified atom stereocenters. The minimum absolute atomic E-state index is 0.0365. The highest BCUT2D eigenvalue weighted by molar-refractivity contribution is 7.17. The molecule has 0 aromatic carbocycles. The second kappa shape index (κ2) is 14.5. The van der Waals surface area contributed by atoms with Crippen molar-refractivity contribution in [3.63, 3.8) is 0 Å². The zero-order valence-corrected chi connectivity index (χ0v) is 25.7. The molecule has 8 nitrogen and oxygen atoms in total. The predicted molar refractivity (Wildman–Crippen MR) is 153 cm³/mol. The summed E-state index contributed by atoms with van der Waals surface area (Å²) in [6.45, 7) is 11.0. The zero-order chi connectivity index (χ0) is 32.0. The van der Waals surface area contributed by atoms with Gasteiger partial charge in [0.05, 0.1) is 16.5 Å². The molecule has 2 aromatic heterocycles. The number of halogens is 5. The molecule has 1 aliphatic rings. The normalized spacial score (nSPS) is 18.0. The van der Waals surface area contributed by atoms with Crippen molar-refractivity contribution < 1.29 is 36.6 Å². The number of rotatable bonds is 10. The fourth-order valence-corrected chi connectivity index (χ4v) is 5.48. The minimum Gasteiger partial charge on any atom is -0.388 e. The average Bonchev–Trinajstić information content (AvgIpc) is 3.51. The highest BCUT2D eigenvalue weighted by Crippen LogP contribution is 2.40. The average molecular weight is 622 g/mol. The van der Waals surface area contributed by atoms with Gasteiger partial charge in [0.1, 0.15) is 18.1 Å². The van der Waals surface area contributed by atoms with Gasteiger partial charge in [-0.1, -0.05) is 27.2 Å². The number of alkyl halides is 5. The highest BCUT2D eigenvalue weighted by atomic mass is 32.1. The van der Waals surface area contributed by atoms with Gasteiger partial charge in [0.25, 0.3) is 18.2 Å². The Morgan fingerprint density at radius 3 is 2.40 bits per heavy atom. The van der Waals surface area contributed by atoms with Gasteiger partial charge in [-0.2, -0.15) is 13.2 Å². The Balaban J connectivity index is 0.00000301. The number of nitrogens with zero attached hydrogens (tertiary/aromatic N) is 3.